The molecule has 3 rings (SSSR count). The van der Waals surface area contributed by atoms with Crippen LogP contribution in [0.2, 0.25) is 5.02 Å². The predicted molar refractivity (Wildman–Crippen MR) is 91.5 cm³/mol. The van der Waals surface area contributed by atoms with Crippen LogP contribution in [0.5, 0.6) is 0 Å². The minimum absolute atomic E-state index is 0.00205. The Balaban J connectivity index is 1.68. The second-order valence-electron chi connectivity index (χ2n) is 4.48. The third-order valence-electron chi connectivity index (χ3n) is 2.85. The number of anilines is 2. The monoisotopic (exact) mass is 392 g/mol. The van der Waals surface area contributed by atoms with Crippen LogP contribution in [0.1, 0.15) is 0 Å². The normalized spacial score (nSPS) is 10.3. The Bertz CT molecular complexity index is 836. The van der Waals surface area contributed by atoms with Crippen LogP contribution in [-0.2, 0) is 0 Å². The van der Waals surface area contributed by atoms with Gasteiger partial charge in [0, 0.05) is 15.2 Å². The average Bonchev–Trinajstić information content (AvgIpc) is 2.98. The molecular weight excluding hydrogens is 384 g/mol. The smallest absolute Gasteiger partial charge is 0.327 e. The van der Waals surface area contributed by atoms with Crippen molar-refractivity contribution in [2.45, 2.75) is 0 Å². The van der Waals surface area contributed by atoms with Crippen LogP contribution in [0, 0.1) is 0 Å². The molecule has 0 spiro atoms. The van der Waals surface area contributed by atoms with Crippen LogP contribution in [0.3, 0.4) is 0 Å². The molecule has 1 aromatic heterocycles. The SMILES string of the molecule is O=C(Nc1ccc(Cl)cc1)Nc1nnc(-c2ccccc2Br)o1. The van der Waals surface area contributed by atoms with Gasteiger partial charge in [0.05, 0.1) is 5.56 Å². The molecule has 0 fully saturated rings. The van der Waals surface area contributed by atoms with Gasteiger partial charge in [-0.2, -0.15) is 0 Å². The summed E-state index contributed by atoms with van der Waals surface area (Å²) < 4.78 is 6.25. The number of hydrogen-bond acceptors (Lipinski definition) is 4. The van der Waals surface area contributed by atoms with Crippen molar-refractivity contribution < 1.29 is 9.21 Å². The number of amides is 2. The number of carbonyl (C=O) groups excluding carboxylic acids is 1. The van der Waals surface area contributed by atoms with Crippen LogP contribution in [0.4, 0.5) is 16.5 Å². The first-order valence-corrected chi connectivity index (χ1v) is 7.71. The van der Waals surface area contributed by atoms with E-state index in [4.69, 9.17) is 16.0 Å². The maximum atomic E-state index is 11.9. The quantitative estimate of drug-likeness (QED) is 0.670. The zero-order chi connectivity index (χ0) is 16.2. The second kappa shape index (κ2) is 6.80. The molecule has 2 aromatic carbocycles. The molecule has 116 valence electrons. The summed E-state index contributed by atoms with van der Waals surface area (Å²) in [5.74, 6) is 0.305. The molecule has 0 unspecified atom stereocenters. The lowest BCUT2D eigenvalue weighted by Gasteiger charge is -2.04. The molecule has 0 saturated carbocycles. The number of carbonyl (C=O) groups is 1. The number of rotatable bonds is 3. The molecule has 0 atom stereocenters. The Hall–Kier alpha value is -2.38. The van der Waals surface area contributed by atoms with Gasteiger partial charge in [-0.1, -0.05) is 28.8 Å². The Morgan fingerprint density at radius 1 is 1.04 bits per heavy atom. The van der Waals surface area contributed by atoms with Gasteiger partial charge in [0.1, 0.15) is 0 Å². The first-order chi connectivity index (χ1) is 11.1. The molecule has 0 radical (unpaired) electrons. The highest BCUT2D eigenvalue weighted by Gasteiger charge is 2.13. The van der Waals surface area contributed by atoms with Gasteiger partial charge in [-0.25, -0.2) is 4.79 Å². The fourth-order valence-corrected chi connectivity index (χ4v) is 2.39. The van der Waals surface area contributed by atoms with Gasteiger partial charge in [0.15, 0.2) is 0 Å². The molecule has 2 N–H and O–H groups in total. The summed E-state index contributed by atoms with van der Waals surface area (Å²) in [5, 5.41) is 13.4. The third kappa shape index (κ3) is 3.88. The highest BCUT2D eigenvalue weighted by atomic mass is 79.9. The van der Waals surface area contributed by atoms with Crippen molar-refractivity contribution in [3.63, 3.8) is 0 Å². The molecule has 23 heavy (non-hydrogen) atoms. The van der Waals surface area contributed by atoms with Crippen molar-refractivity contribution in [1.29, 1.82) is 0 Å². The van der Waals surface area contributed by atoms with E-state index in [0.717, 1.165) is 10.0 Å². The van der Waals surface area contributed by atoms with Crippen molar-refractivity contribution in [2.75, 3.05) is 10.6 Å². The Kier molecular flexibility index (Phi) is 4.59. The van der Waals surface area contributed by atoms with E-state index in [0.29, 0.717) is 16.6 Å². The van der Waals surface area contributed by atoms with Crippen LogP contribution in [-0.4, -0.2) is 16.2 Å². The molecule has 0 aliphatic carbocycles. The molecule has 0 saturated heterocycles. The number of nitrogens with one attached hydrogen (secondary N) is 2. The van der Waals surface area contributed by atoms with Gasteiger partial charge in [0.25, 0.3) is 5.89 Å². The van der Waals surface area contributed by atoms with E-state index < -0.39 is 6.03 Å². The van der Waals surface area contributed by atoms with E-state index in [-0.39, 0.29) is 6.01 Å². The van der Waals surface area contributed by atoms with E-state index >= 15 is 0 Å². The van der Waals surface area contributed by atoms with Crippen molar-refractivity contribution in [1.82, 2.24) is 10.2 Å². The lowest BCUT2D eigenvalue weighted by Crippen LogP contribution is -2.19. The predicted octanol–water partition coefficient (Wildman–Crippen LogP) is 4.80. The minimum atomic E-state index is -0.491. The summed E-state index contributed by atoms with van der Waals surface area (Å²) in [7, 11) is 0. The van der Waals surface area contributed by atoms with Crippen LogP contribution < -0.4 is 10.6 Å². The van der Waals surface area contributed by atoms with Gasteiger partial charge >= 0.3 is 12.0 Å². The van der Waals surface area contributed by atoms with E-state index in [9.17, 15) is 4.79 Å². The standard InChI is InChI=1S/C15H10BrClN4O2/c16-12-4-2-1-3-11(12)13-20-21-15(23-13)19-14(22)18-10-7-5-9(17)6-8-10/h1-8H,(H2,18,19,21,22). The van der Waals surface area contributed by atoms with E-state index in [1.807, 2.05) is 24.3 Å². The molecule has 0 aliphatic rings. The van der Waals surface area contributed by atoms with Gasteiger partial charge in [-0.3, -0.25) is 5.32 Å². The van der Waals surface area contributed by atoms with Gasteiger partial charge < -0.3 is 9.73 Å². The molecule has 0 bridgehead atoms. The maximum Gasteiger partial charge on any atom is 0.327 e. The number of urea groups is 1. The first-order valence-electron chi connectivity index (χ1n) is 6.54. The number of aromatic nitrogens is 2. The lowest BCUT2D eigenvalue weighted by atomic mass is 10.2. The second-order valence-corrected chi connectivity index (χ2v) is 5.77. The number of halogens is 2. The summed E-state index contributed by atoms with van der Waals surface area (Å²) in [6, 6.07) is 13.6. The summed E-state index contributed by atoms with van der Waals surface area (Å²) in [4.78, 5) is 11.9. The summed E-state index contributed by atoms with van der Waals surface area (Å²) >= 11 is 9.19. The van der Waals surface area contributed by atoms with Crippen molar-refractivity contribution in [3.05, 3.63) is 58.0 Å². The maximum absolute atomic E-state index is 11.9. The molecule has 3 aromatic rings. The van der Waals surface area contributed by atoms with Gasteiger partial charge in [0.2, 0.25) is 0 Å². The first kappa shape index (κ1) is 15.5. The average molecular weight is 394 g/mol. The highest BCUT2D eigenvalue weighted by Crippen LogP contribution is 2.27. The fourth-order valence-electron chi connectivity index (χ4n) is 1.81. The zero-order valence-electron chi connectivity index (χ0n) is 11.6. The van der Waals surface area contributed by atoms with E-state index in [1.54, 1.807) is 24.3 Å². The van der Waals surface area contributed by atoms with Gasteiger partial charge in [-0.15, -0.1) is 5.10 Å². The zero-order valence-corrected chi connectivity index (χ0v) is 13.9. The lowest BCUT2D eigenvalue weighted by molar-refractivity contribution is 0.261. The Labute approximate surface area is 145 Å². The van der Waals surface area contributed by atoms with Crippen LogP contribution >= 0.6 is 27.5 Å². The number of hydrogen-bond donors (Lipinski definition) is 2. The molecule has 6 nitrogen and oxygen atoms in total. The summed E-state index contributed by atoms with van der Waals surface area (Å²) in [6.45, 7) is 0. The van der Waals surface area contributed by atoms with Crippen LogP contribution in [0.15, 0.2) is 57.4 Å². The van der Waals surface area contributed by atoms with E-state index in [1.165, 1.54) is 0 Å². The Morgan fingerprint density at radius 2 is 1.78 bits per heavy atom. The molecule has 2 amide bonds. The third-order valence-corrected chi connectivity index (χ3v) is 3.80. The number of benzene rings is 2. The van der Waals surface area contributed by atoms with E-state index in [2.05, 4.69) is 36.8 Å². The molecule has 0 aliphatic heterocycles. The fraction of sp³-hybridized carbons (Fsp3) is 0. The van der Waals surface area contributed by atoms with Gasteiger partial charge in [-0.05, 0) is 52.3 Å². The van der Waals surface area contributed by atoms with Crippen molar-refractivity contribution in [3.8, 4) is 11.5 Å². The minimum Gasteiger partial charge on any atom is -0.403 e. The summed E-state index contributed by atoms with van der Waals surface area (Å²) in [5.41, 5.74) is 1.34. The van der Waals surface area contributed by atoms with Crippen molar-refractivity contribution >= 4 is 45.3 Å². The number of nitrogens with zero attached hydrogens (tertiary/aromatic N) is 2. The summed E-state index contributed by atoms with van der Waals surface area (Å²) in [6.07, 6.45) is 0. The Morgan fingerprint density at radius 3 is 2.52 bits per heavy atom. The van der Waals surface area contributed by atoms with Crippen LogP contribution in [0.25, 0.3) is 11.5 Å². The molecular formula is C15H10BrClN4O2. The molecule has 1 heterocycles. The van der Waals surface area contributed by atoms with Crippen molar-refractivity contribution in [2.24, 2.45) is 0 Å². The highest BCUT2D eigenvalue weighted by molar-refractivity contribution is 9.10. The molecule has 8 heteroatoms. The topological polar surface area (TPSA) is 80.0 Å². The largest absolute Gasteiger partial charge is 0.403 e.